The molecule has 1 fully saturated rings. The molecule has 1 aliphatic rings. The van der Waals surface area contributed by atoms with Crippen LogP contribution in [0.5, 0.6) is 0 Å². The Kier molecular flexibility index (Phi) is 4.28. The van der Waals surface area contributed by atoms with Crippen LogP contribution in [0.25, 0.3) is 0 Å². The Morgan fingerprint density at radius 1 is 1.26 bits per heavy atom. The van der Waals surface area contributed by atoms with E-state index in [1.807, 2.05) is 19.1 Å². The summed E-state index contributed by atoms with van der Waals surface area (Å²) in [5.74, 6) is 0.427. The first-order chi connectivity index (χ1) is 8.91. The summed E-state index contributed by atoms with van der Waals surface area (Å²) in [6.07, 6.45) is 0. The van der Waals surface area contributed by atoms with Crippen LogP contribution in [0.2, 0.25) is 0 Å². The van der Waals surface area contributed by atoms with Gasteiger partial charge < -0.3 is 5.32 Å². The number of hydrogen-bond acceptors (Lipinski definition) is 3. The standard InChI is InChI=1S/C14H22N2O2S/c1-11(2)14-10-16(9-8-15-14)19(17,18)13-6-4-12(3)5-7-13/h4-7,11,14-15H,8-10H2,1-3H3. The van der Waals surface area contributed by atoms with Crippen LogP contribution in [-0.4, -0.2) is 38.4 Å². The molecule has 0 aliphatic carbocycles. The van der Waals surface area contributed by atoms with Gasteiger partial charge in [0.05, 0.1) is 4.90 Å². The van der Waals surface area contributed by atoms with E-state index in [0.717, 1.165) is 5.56 Å². The molecule has 106 valence electrons. The van der Waals surface area contributed by atoms with Gasteiger partial charge in [0.1, 0.15) is 0 Å². The lowest BCUT2D eigenvalue weighted by Crippen LogP contribution is -2.54. The zero-order valence-corrected chi connectivity index (χ0v) is 12.6. The van der Waals surface area contributed by atoms with E-state index in [2.05, 4.69) is 19.2 Å². The second-order valence-corrected chi connectivity index (χ2v) is 7.42. The molecule has 1 aliphatic heterocycles. The smallest absolute Gasteiger partial charge is 0.243 e. The highest BCUT2D eigenvalue weighted by molar-refractivity contribution is 7.89. The predicted molar refractivity (Wildman–Crippen MR) is 76.6 cm³/mol. The third-order valence-corrected chi connectivity index (χ3v) is 5.51. The third kappa shape index (κ3) is 3.16. The first kappa shape index (κ1) is 14.5. The highest BCUT2D eigenvalue weighted by atomic mass is 32.2. The Hall–Kier alpha value is -0.910. The van der Waals surface area contributed by atoms with Crippen molar-refractivity contribution in [2.45, 2.75) is 31.7 Å². The second-order valence-electron chi connectivity index (χ2n) is 5.48. The van der Waals surface area contributed by atoms with E-state index < -0.39 is 10.0 Å². The quantitative estimate of drug-likeness (QED) is 0.916. The van der Waals surface area contributed by atoms with Crippen molar-refractivity contribution in [2.75, 3.05) is 19.6 Å². The molecule has 0 bridgehead atoms. The van der Waals surface area contributed by atoms with Crippen molar-refractivity contribution in [2.24, 2.45) is 5.92 Å². The molecular formula is C14H22N2O2S. The Labute approximate surface area is 115 Å². The second kappa shape index (κ2) is 5.61. The van der Waals surface area contributed by atoms with Crippen molar-refractivity contribution >= 4 is 10.0 Å². The molecular weight excluding hydrogens is 260 g/mol. The van der Waals surface area contributed by atoms with Crippen LogP contribution >= 0.6 is 0 Å². The molecule has 4 nitrogen and oxygen atoms in total. The average molecular weight is 282 g/mol. The lowest BCUT2D eigenvalue weighted by Gasteiger charge is -2.34. The zero-order chi connectivity index (χ0) is 14.0. The maximum Gasteiger partial charge on any atom is 0.243 e. The van der Waals surface area contributed by atoms with Gasteiger partial charge in [-0.25, -0.2) is 8.42 Å². The number of nitrogens with one attached hydrogen (secondary N) is 1. The molecule has 1 saturated heterocycles. The van der Waals surface area contributed by atoms with Crippen molar-refractivity contribution in [3.05, 3.63) is 29.8 Å². The number of benzene rings is 1. The van der Waals surface area contributed by atoms with E-state index in [-0.39, 0.29) is 6.04 Å². The summed E-state index contributed by atoms with van der Waals surface area (Å²) in [6.45, 7) is 7.98. The van der Waals surface area contributed by atoms with E-state index >= 15 is 0 Å². The van der Waals surface area contributed by atoms with Gasteiger partial charge in [-0.3, -0.25) is 0 Å². The maximum absolute atomic E-state index is 12.6. The molecule has 0 aromatic heterocycles. The molecule has 1 unspecified atom stereocenters. The normalized spacial score (nSPS) is 21.8. The molecule has 1 atom stereocenters. The van der Waals surface area contributed by atoms with E-state index in [1.54, 1.807) is 16.4 Å². The minimum absolute atomic E-state index is 0.231. The zero-order valence-electron chi connectivity index (χ0n) is 11.8. The highest BCUT2D eigenvalue weighted by Gasteiger charge is 2.30. The van der Waals surface area contributed by atoms with Gasteiger partial charge in [-0.2, -0.15) is 4.31 Å². The number of sulfonamides is 1. The van der Waals surface area contributed by atoms with Crippen molar-refractivity contribution in [1.82, 2.24) is 9.62 Å². The fourth-order valence-corrected chi connectivity index (χ4v) is 3.74. The van der Waals surface area contributed by atoms with Crippen LogP contribution in [0, 0.1) is 12.8 Å². The van der Waals surface area contributed by atoms with Gasteiger partial charge in [0.2, 0.25) is 10.0 Å². The Balaban J connectivity index is 2.22. The summed E-state index contributed by atoms with van der Waals surface area (Å²) in [5.41, 5.74) is 1.07. The van der Waals surface area contributed by atoms with Gasteiger partial charge in [0.25, 0.3) is 0 Å². The molecule has 0 spiro atoms. The molecule has 1 aromatic carbocycles. The Morgan fingerprint density at radius 3 is 2.47 bits per heavy atom. The molecule has 0 amide bonds. The van der Waals surface area contributed by atoms with Crippen LogP contribution in [0.3, 0.4) is 0 Å². The first-order valence-corrected chi connectivity index (χ1v) is 8.15. The van der Waals surface area contributed by atoms with E-state index in [4.69, 9.17) is 0 Å². The molecule has 1 N–H and O–H groups in total. The number of nitrogens with zero attached hydrogens (tertiary/aromatic N) is 1. The monoisotopic (exact) mass is 282 g/mol. The van der Waals surface area contributed by atoms with Gasteiger partial charge in [0, 0.05) is 25.7 Å². The lowest BCUT2D eigenvalue weighted by molar-refractivity contribution is 0.256. The molecule has 2 rings (SSSR count). The average Bonchev–Trinajstić information content (AvgIpc) is 2.39. The predicted octanol–water partition coefficient (Wildman–Crippen LogP) is 1.61. The molecule has 19 heavy (non-hydrogen) atoms. The van der Waals surface area contributed by atoms with Crippen molar-refractivity contribution in [3.63, 3.8) is 0 Å². The number of aryl methyl sites for hydroxylation is 1. The first-order valence-electron chi connectivity index (χ1n) is 6.71. The SMILES string of the molecule is Cc1ccc(S(=O)(=O)N2CCNC(C(C)C)C2)cc1. The van der Waals surface area contributed by atoms with Crippen LogP contribution in [-0.2, 0) is 10.0 Å². The fraction of sp³-hybridized carbons (Fsp3) is 0.571. The lowest BCUT2D eigenvalue weighted by atomic mass is 10.0. The summed E-state index contributed by atoms with van der Waals surface area (Å²) in [4.78, 5) is 0.391. The largest absolute Gasteiger partial charge is 0.311 e. The Bertz CT molecular complexity index is 523. The summed E-state index contributed by atoms with van der Waals surface area (Å²) in [5, 5.41) is 3.38. The van der Waals surface area contributed by atoms with Crippen LogP contribution in [0.1, 0.15) is 19.4 Å². The van der Waals surface area contributed by atoms with Gasteiger partial charge in [-0.1, -0.05) is 31.5 Å². The third-order valence-electron chi connectivity index (χ3n) is 3.63. The van der Waals surface area contributed by atoms with Gasteiger partial charge in [-0.05, 0) is 25.0 Å². The van der Waals surface area contributed by atoms with Gasteiger partial charge >= 0.3 is 0 Å². The summed E-state index contributed by atoms with van der Waals surface area (Å²) in [7, 11) is -3.35. The summed E-state index contributed by atoms with van der Waals surface area (Å²) in [6, 6.07) is 7.30. The van der Waals surface area contributed by atoms with Crippen LogP contribution in [0.15, 0.2) is 29.2 Å². The molecule has 1 aromatic rings. The van der Waals surface area contributed by atoms with Crippen LogP contribution in [0.4, 0.5) is 0 Å². The maximum atomic E-state index is 12.6. The minimum atomic E-state index is -3.35. The van der Waals surface area contributed by atoms with E-state index in [1.165, 1.54) is 0 Å². The van der Waals surface area contributed by atoms with E-state index in [9.17, 15) is 8.42 Å². The van der Waals surface area contributed by atoms with Gasteiger partial charge in [0.15, 0.2) is 0 Å². The molecule has 1 heterocycles. The number of hydrogen-bond donors (Lipinski definition) is 1. The topological polar surface area (TPSA) is 49.4 Å². The summed E-state index contributed by atoms with van der Waals surface area (Å²) >= 11 is 0. The molecule has 5 heteroatoms. The van der Waals surface area contributed by atoms with Crippen molar-refractivity contribution in [3.8, 4) is 0 Å². The molecule has 0 saturated carbocycles. The van der Waals surface area contributed by atoms with Gasteiger partial charge in [-0.15, -0.1) is 0 Å². The molecule has 0 radical (unpaired) electrons. The van der Waals surface area contributed by atoms with Crippen molar-refractivity contribution in [1.29, 1.82) is 0 Å². The number of piperazine rings is 1. The number of rotatable bonds is 3. The Morgan fingerprint density at radius 2 is 1.89 bits per heavy atom. The fourth-order valence-electron chi connectivity index (χ4n) is 2.27. The minimum Gasteiger partial charge on any atom is -0.311 e. The van der Waals surface area contributed by atoms with Crippen LogP contribution < -0.4 is 5.32 Å². The summed E-state index contributed by atoms with van der Waals surface area (Å²) < 4.78 is 26.7. The van der Waals surface area contributed by atoms with Crippen molar-refractivity contribution < 1.29 is 8.42 Å². The van der Waals surface area contributed by atoms with E-state index in [0.29, 0.717) is 30.4 Å². The highest BCUT2D eigenvalue weighted by Crippen LogP contribution is 2.19.